The van der Waals surface area contributed by atoms with Gasteiger partial charge in [0.1, 0.15) is 0 Å². The van der Waals surface area contributed by atoms with Gasteiger partial charge < -0.3 is 14.9 Å². The van der Waals surface area contributed by atoms with Crippen LogP contribution in [0.2, 0.25) is 0 Å². The number of carbonyl (C=O) groups is 1. The third kappa shape index (κ3) is 3.59. The Bertz CT molecular complexity index is 493. The first-order chi connectivity index (χ1) is 9.79. The zero-order valence-electron chi connectivity index (χ0n) is 12.6. The molecule has 6 nitrogen and oxygen atoms in total. The van der Waals surface area contributed by atoms with Crippen LogP contribution >= 0.6 is 0 Å². The number of hydrogen-bond acceptors (Lipinski definition) is 4. The molecule has 7 heteroatoms. The Morgan fingerprint density at radius 2 is 1.86 bits per heavy atom. The average molecular weight is 296 g/mol. The number of anilines is 1. The van der Waals surface area contributed by atoms with Crippen LogP contribution in [0, 0.1) is 6.08 Å². The van der Waals surface area contributed by atoms with Gasteiger partial charge in [-0.05, 0) is 33.6 Å². The van der Waals surface area contributed by atoms with Crippen molar-refractivity contribution in [3.05, 3.63) is 18.5 Å². The van der Waals surface area contributed by atoms with Gasteiger partial charge in [0.05, 0.1) is 18.1 Å². The molecule has 1 aliphatic rings. The largest absolute Gasteiger partial charge is 0.465 e. The molecule has 0 aliphatic carbocycles. The van der Waals surface area contributed by atoms with Crippen LogP contribution in [0.4, 0.5) is 14.9 Å². The van der Waals surface area contributed by atoms with Gasteiger partial charge in [0.2, 0.25) is 0 Å². The van der Waals surface area contributed by atoms with Crippen LogP contribution in [0.3, 0.4) is 0 Å². The number of aromatic nitrogens is 2. The zero-order valence-corrected chi connectivity index (χ0v) is 12.6. The summed E-state index contributed by atoms with van der Waals surface area (Å²) in [5.74, 6) is 0. The smallest absolute Gasteiger partial charge is 0.407 e. The molecule has 1 aliphatic heterocycles. The molecule has 1 aromatic heterocycles. The summed E-state index contributed by atoms with van der Waals surface area (Å²) in [6.07, 6.45) is 2.77. The average Bonchev–Trinajstić information content (AvgIpc) is 2.38. The molecule has 0 spiro atoms. The first-order valence-electron chi connectivity index (χ1n) is 7.04. The zero-order chi connectivity index (χ0) is 15.6. The Morgan fingerprint density at radius 1 is 1.33 bits per heavy atom. The predicted molar refractivity (Wildman–Crippen MR) is 76.8 cm³/mol. The molecule has 2 heterocycles. The van der Waals surface area contributed by atoms with E-state index in [1.807, 2.05) is 20.8 Å². The first kappa shape index (κ1) is 15.5. The normalized spacial score (nSPS) is 16.9. The minimum Gasteiger partial charge on any atom is -0.465 e. The highest BCUT2D eigenvalue weighted by Gasteiger charge is 2.35. The first-order valence-corrected chi connectivity index (χ1v) is 7.04. The summed E-state index contributed by atoms with van der Waals surface area (Å²) in [7, 11) is 0. The van der Waals surface area contributed by atoms with Gasteiger partial charge in [0.15, 0.2) is 0 Å². The van der Waals surface area contributed by atoms with E-state index in [1.165, 1.54) is 17.3 Å². The van der Waals surface area contributed by atoms with Crippen LogP contribution in [0.1, 0.15) is 33.6 Å². The van der Waals surface area contributed by atoms with E-state index in [1.54, 1.807) is 0 Å². The van der Waals surface area contributed by atoms with E-state index in [-0.39, 0.29) is 6.04 Å². The Balaban J connectivity index is 2.02. The molecule has 0 unspecified atom stereocenters. The van der Waals surface area contributed by atoms with Crippen LogP contribution in [0.15, 0.2) is 12.4 Å². The standard InChI is InChI=1S/C14H21FN4O2/c1-14(2,3)19(13(20)21)10-4-6-18(7-5-10)11-8-16-12(15)17-9-11/h8-10H,4-7H2,1-3H3,(H,20,21). The second kappa shape index (κ2) is 5.83. The summed E-state index contributed by atoms with van der Waals surface area (Å²) in [6, 6.07) is 0.000108. The second-order valence-corrected chi connectivity index (χ2v) is 6.25. The maximum atomic E-state index is 12.7. The monoisotopic (exact) mass is 296 g/mol. The van der Waals surface area contributed by atoms with Crippen molar-refractivity contribution in [1.82, 2.24) is 14.9 Å². The van der Waals surface area contributed by atoms with Crippen molar-refractivity contribution in [3.63, 3.8) is 0 Å². The minimum absolute atomic E-state index is 0.000108. The molecule has 1 N–H and O–H groups in total. The van der Waals surface area contributed by atoms with E-state index in [2.05, 4.69) is 14.9 Å². The Hall–Kier alpha value is -1.92. The third-order valence-electron chi connectivity index (χ3n) is 3.73. The van der Waals surface area contributed by atoms with Crippen molar-refractivity contribution >= 4 is 11.8 Å². The maximum absolute atomic E-state index is 12.7. The van der Waals surface area contributed by atoms with Crippen molar-refractivity contribution in [1.29, 1.82) is 0 Å². The fourth-order valence-corrected chi connectivity index (χ4v) is 2.84. The molecule has 1 aromatic rings. The van der Waals surface area contributed by atoms with Crippen molar-refractivity contribution in [2.24, 2.45) is 0 Å². The molecular formula is C14H21FN4O2. The lowest BCUT2D eigenvalue weighted by molar-refractivity contribution is 0.0616. The van der Waals surface area contributed by atoms with Crippen molar-refractivity contribution in [2.45, 2.75) is 45.2 Å². The minimum atomic E-state index is -0.883. The highest BCUT2D eigenvalue weighted by Crippen LogP contribution is 2.26. The van der Waals surface area contributed by atoms with Crippen LogP contribution in [0.5, 0.6) is 0 Å². The van der Waals surface area contributed by atoms with Gasteiger partial charge in [0, 0.05) is 24.7 Å². The Labute approximate surface area is 123 Å². The van der Waals surface area contributed by atoms with Crippen LogP contribution < -0.4 is 4.90 Å². The number of carboxylic acid groups (broad SMARTS) is 1. The van der Waals surface area contributed by atoms with E-state index >= 15 is 0 Å². The van der Waals surface area contributed by atoms with Crippen LogP contribution in [-0.2, 0) is 0 Å². The van der Waals surface area contributed by atoms with Gasteiger partial charge in [-0.25, -0.2) is 14.8 Å². The van der Waals surface area contributed by atoms with Crippen molar-refractivity contribution in [3.8, 4) is 0 Å². The van der Waals surface area contributed by atoms with Gasteiger partial charge in [-0.1, -0.05) is 0 Å². The van der Waals surface area contributed by atoms with E-state index in [0.29, 0.717) is 13.1 Å². The molecule has 116 valence electrons. The quantitative estimate of drug-likeness (QED) is 0.848. The molecule has 1 saturated heterocycles. The van der Waals surface area contributed by atoms with Crippen molar-refractivity contribution in [2.75, 3.05) is 18.0 Å². The molecule has 1 amide bonds. The number of nitrogens with zero attached hydrogens (tertiary/aromatic N) is 4. The summed E-state index contributed by atoms with van der Waals surface area (Å²) in [5.41, 5.74) is 0.352. The lowest BCUT2D eigenvalue weighted by atomic mass is 9.97. The maximum Gasteiger partial charge on any atom is 0.407 e. The fourth-order valence-electron chi connectivity index (χ4n) is 2.84. The molecule has 0 atom stereocenters. The highest BCUT2D eigenvalue weighted by molar-refractivity contribution is 5.66. The van der Waals surface area contributed by atoms with Gasteiger partial charge >= 0.3 is 12.2 Å². The van der Waals surface area contributed by atoms with Crippen LogP contribution in [-0.4, -0.2) is 50.7 Å². The van der Waals surface area contributed by atoms with E-state index < -0.39 is 17.7 Å². The number of hydrogen-bond donors (Lipinski definition) is 1. The van der Waals surface area contributed by atoms with E-state index in [9.17, 15) is 14.3 Å². The van der Waals surface area contributed by atoms with Gasteiger partial charge in [-0.15, -0.1) is 0 Å². The number of amides is 1. The topological polar surface area (TPSA) is 69.6 Å². The predicted octanol–water partition coefficient (Wildman–Crippen LogP) is 2.36. The molecule has 0 bridgehead atoms. The summed E-state index contributed by atoms with van der Waals surface area (Å²) >= 11 is 0. The summed E-state index contributed by atoms with van der Waals surface area (Å²) in [4.78, 5) is 22.2. The third-order valence-corrected chi connectivity index (χ3v) is 3.73. The number of piperidine rings is 1. The Kier molecular flexibility index (Phi) is 4.29. The lowest BCUT2D eigenvalue weighted by Crippen LogP contribution is -2.54. The van der Waals surface area contributed by atoms with Gasteiger partial charge in [-0.3, -0.25) is 0 Å². The second-order valence-electron chi connectivity index (χ2n) is 6.25. The molecule has 0 radical (unpaired) electrons. The summed E-state index contributed by atoms with van der Waals surface area (Å²) in [6.45, 7) is 7.13. The molecule has 0 aromatic carbocycles. The fraction of sp³-hybridized carbons (Fsp3) is 0.643. The van der Waals surface area contributed by atoms with E-state index in [4.69, 9.17) is 0 Å². The lowest BCUT2D eigenvalue weighted by Gasteiger charge is -2.43. The van der Waals surface area contributed by atoms with Gasteiger partial charge in [0.25, 0.3) is 0 Å². The van der Waals surface area contributed by atoms with Crippen LogP contribution in [0.25, 0.3) is 0 Å². The molecular weight excluding hydrogens is 275 g/mol. The molecule has 2 rings (SSSR count). The number of rotatable bonds is 2. The van der Waals surface area contributed by atoms with Crippen molar-refractivity contribution < 1.29 is 14.3 Å². The highest BCUT2D eigenvalue weighted by atomic mass is 19.1. The molecule has 0 saturated carbocycles. The molecule has 1 fully saturated rings. The molecule has 21 heavy (non-hydrogen) atoms. The van der Waals surface area contributed by atoms with E-state index in [0.717, 1.165) is 18.5 Å². The SMILES string of the molecule is CC(C)(C)N(C(=O)O)C1CCN(c2cnc(F)nc2)CC1. The summed E-state index contributed by atoms with van der Waals surface area (Å²) in [5, 5.41) is 9.43. The number of halogens is 1. The summed E-state index contributed by atoms with van der Waals surface area (Å²) < 4.78 is 12.7. The Morgan fingerprint density at radius 3 is 2.29 bits per heavy atom. The van der Waals surface area contributed by atoms with Gasteiger partial charge in [-0.2, -0.15) is 4.39 Å².